The Labute approximate surface area is 320 Å². The summed E-state index contributed by atoms with van der Waals surface area (Å²) in [5, 5.41) is 21.2. The smallest absolute Gasteiger partial charge is 0.255 e. The lowest BCUT2D eigenvalue weighted by atomic mass is 10.00. The highest BCUT2D eigenvalue weighted by Crippen LogP contribution is 2.38. The van der Waals surface area contributed by atoms with Gasteiger partial charge in [0.2, 0.25) is 11.8 Å². The number of thiazole rings is 1. The minimum Gasteiger partial charge on any atom is -0.508 e. The van der Waals surface area contributed by atoms with Gasteiger partial charge in [0, 0.05) is 79.8 Å². The molecule has 2 atom stereocenters. The van der Waals surface area contributed by atoms with Crippen LogP contribution < -0.4 is 20.9 Å². The van der Waals surface area contributed by atoms with Crippen LogP contribution in [0.25, 0.3) is 11.1 Å². The minimum absolute atomic E-state index is 0.0153. The second-order valence-corrected chi connectivity index (χ2v) is 14.7. The summed E-state index contributed by atoms with van der Waals surface area (Å²) in [7, 11) is 0. The molecule has 3 aliphatic rings. The number of piperazine rings is 1. The van der Waals surface area contributed by atoms with Gasteiger partial charge in [0.1, 0.15) is 23.7 Å². The predicted octanol–water partition coefficient (Wildman–Crippen LogP) is 5.53. The number of halogens is 1. The van der Waals surface area contributed by atoms with Gasteiger partial charge in [0.25, 0.3) is 11.8 Å². The van der Waals surface area contributed by atoms with Gasteiger partial charge in [-0.2, -0.15) is 0 Å². The van der Waals surface area contributed by atoms with Crippen molar-refractivity contribution in [2.75, 3.05) is 41.7 Å². The average Bonchev–Trinajstić information content (AvgIpc) is 3.82. The summed E-state index contributed by atoms with van der Waals surface area (Å²) in [4.78, 5) is 61.7. The molecule has 0 aliphatic carbocycles. The van der Waals surface area contributed by atoms with Crippen LogP contribution in [0.15, 0.2) is 96.5 Å². The Morgan fingerprint density at radius 1 is 0.964 bits per heavy atom. The molecule has 14 heteroatoms. The number of anilines is 3. The fourth-order valence-electron chi connectivity index (χ4n) is 7.45. The van der Waals surface area contributed by atoms with Gasteiger partial charge in [0.15, 0.2) is 5.13 Å². The van der Waals surface area contributed by atoms with E-state index >= 15 is 0 Å². The van der Waals surface area contributed by atoms with Gasteiger partial charge in [0.05, 0.1) is 0 Å². The first-order valence-electron chi connectivity index (χ1n) is 18.1. The standard InChI is InChI=1S/C41H38FN7O5S/c42-29-9-13-35(50)32(22-29)37(39(53)46-41-43-15-20-55-41)49-24-27-6-5-26(21-31(27)40(49)54)25-7-10-30(11-8-25)48-18-16-47(17-19-48)23-28-3-1-2-4-33(28)44-34-12-14-36(51)45-38(34)52/h1-11,13,15,20-22,34,37,44,50H,12,14,16-19,23-24H2,(H,43,46,53)(H,45,51,52). The van der Waals surface area contributed by atoms with Crippen molar-refractivity contribution in [2.45, 2.75) is 38.0 Å². The number of benzene rings is 4. The van der Waals surface area contributed by atoms with Crippen LogP contribution in [-0.2, 0) is 27.5 Å². The molecule has 4 amide bonds. The Bertz CT molecular complexity index is 2260. The van der Waals surface area contributed by atoms with E-state index in [1.807, 2.05) is 48.5 Å². The van der Waals surface area contributed by atoms with Gasteiger partial charge >= 0.3 is 0 Å². The molecule has 2 unspecified atom stereocenters. The molecule has 0 bridgehead atoms. The van der Waals surface area contributed by atoms with Gasteiger partial charge in [-0.05, 0) is 71.1 Å². The van der Waals surface area contributed by atoms with Gasteiger partial charge < -0.3 is 20.2 Å². The molecule has 3 aliphatic heterocycles. The summed E-state index contributed by atoms with van der Waals surface area (Å²) in [6, 6.07) is 23.5. The Balaban J connectivity index is 0.921. The molecule has 4 heterocycles. The summed E-state index contributed by atoms with van der Waals surface area (Å²) in [6.07, 6.45) is 2.33. The van der Waals surface area contributed by atoms with E-state index < -0.39 is 29.7 Å². The van der Waals surface area contributed by atoms with E-state index in [1.54, 1.807) is 5.38 Å². The van der Waals surface area contributed by atoms with Crippen LogP contribution in [0.3, 0.4) is 0 Å². The zero-order valence-corrected chi connectivity index (χ0v) is 30.5. The highest BCUT2D eigenvalue weighted by Gasteiger charge is 2.39. The van der Waals surface area contributed by atoms with E-state index in [-0.39, 0.29) is 29.7 Å². The van der Waals surface area contributed by atoms with E-state index in [0.29, 0.717) is 23.5 Å². The number of hydrogen-bond acceptors (Lipinski definition) is 10. The summed E-state index contributed by atoms with van der Waals surface area (Å²) in [5.74, 6) is -2.47. The fraction of sp³-hybridized carbons (Fsp3) is 0.244. The third-order valence-corrected chi connectivity index (χ3v) is 11.1. The van der Waals surface area contributed by atoms with Crippen LogP contribution >= 0.6 is 11.3 Å². The lowest BCUT2D eigenvalue weighted by molar-refractivity contribution is -0.133. The molecule has 2 fully saturated rings. The first kappa shape index (κ1) is 35.9. The normalized spacial score (nSPS) is 17.8. The van der Waals surface area contributed by atoms with Gasteiger partial charge in [-0.3, -0.25) is 34.7 Å². The average molecular weight is 760 g/mol. The van der Waals surface area contributed by atoms with Crippen LogP contribution in [0.2, 0.25) is 0 Å². The second kappa shape index (κ2) is 15.3. The van der Waals surface area contributed by atoms with E-state index in [9.17, 15) is 28.7 Å². The summed E-state index contributed by atoms with van der Waals surface area (Å²) in [6.45, 7) is 4.22. The molecule has 0 spiro atoms. The third kappa shape index (κ3) is 7.64. The maximum atomic E-state index is 14.4. The number of phenolic OH excluding ortho intramolecular Hbond substituents is 1. The maximum absolute atomic E-state index is 14.4. The SMILES string of the molecule is O=C1CCC(Nc2ccccc2CN2CCN(c3ccc(-c4ccc5c(c4)C(=O)N(C(C(=O)Nc4nccs4)c4cc(F)ccc4O)C5)cc3)CC2)C(=O)N1. The monoisotopic (exact) mass is 759 g/mol. The number of rotatable bonds is 10. The molecular weight excluding hydrogens is 722 g/mol. The second-order valence-electron chi connectivity index (χ2n) is 13.9. The van der Waals surface area contributed by atoms with Crippen molar-refractivity contribution in [3.8, 4) is 16.9 Å². The van der Waals surface area contributed by atoms with Crippen molar-refractivity contribution >= 4 is 51.5 Å². The fourth-order valence-corrected chi connectivity index (χ4v) is 7.99. The van der Waals surface area contributed by atoms with Crippen molar-refractivity contribution in [3.05, 3.63) is 125 Å². The van der Waals surface area contributed by atoms with E-state index in [0.717, 1.165) is 78.5 Å². The zero-order valence-electron chi connectivity index (χ0n) is 29.7. The largest absolute Gasteiger partial charge is 0.508 e. The molecule has 1 aromatic heterocycles. The minimum atomic E-state index is -1.30. The van der Waals surface area contributed by atoms with E-state index in [4.69, 9.17) is 0 Å². The van der Waals surface area contributed by atoms with Crippen LogP contribution in [0.1, 0.15) is 45.9 Å². The van der Waals surface area contributed by atoms with Crippen molar-refractivity contribution < 1.29 is 28.7 Å². The van der Waals surface area contributed by atoms with Gasteiger partial charge in [-0.1, -0.05) is 42.5 Å². The van der Waals surface area contributed by atoms with Crippen molar-refractivity contribution in [2.24, 2.45) is 0 Å². The first-order chi connectivity index (χ1) is 26.7. The molecular formula is C41H38FN7O5S. The molecule has 0 radical (unpaired) electrons. The topological polar surface area (TPSA) is 147 Å². The number of nitrogens with zero attached hydrogens (tertiary/aromatic N) is 4. The van der Waals surface area contributed by atoms with E-state index in [2.05, 4.69) is 48.9 Å². The maximum Gasteiger partial charge on any atom is 0.255 e. The van der Waals surface area contributed by atoms with Crippen LogP contribution in [0.4, 0.5) is 20.9 Å². The highest BCUT2D eigenvalue weighted by atomic mass is 32.1. The lowest BCUT2D eigenvalue weighted by Gasteiger charge is -2.36. The van der Waals surface area contributed by atoms with E-state index in [1.165, 1.54) is 28.5 Å². The summed E-state index contributed by atoms with van der Waals surface area (Å²) in [5.41, 5.74) is 6.01. The molecule has 55 heavy (non-hydrogen) atoms. The summed E-state index contributed by atoms with van der Waals surface area (Å²) >= 11 is 1.21. The lowest BCUT2D eigenvalue weighted by Crippen LogP contribution is -2.48. The van der Waals surface area contributed by atoms with Crippen molar-refractivity contribution in [1.29, 1.82) is 0 Å². The number of aromatic hydroxyl groups is 1. The number of aromatic nitrogens is 1. The number of nitrogens with one attached hydrogen (secondary N) is 3. The van der Waals surface area contributed by atoms with Crippen LogP contribution in [-0.4, -0.2) is 75.7 Å². The zero-order chi connectivity index (χ0) is 38.1. The number of imide groups is 1. The molecule has 0 saturated carbocycles. The number of amides is 4. The third-order valence-electron chi connectivity index (χ3n) is 10.4. The Morgan fingerprint density at radius 2 is 1.75 bits per heavy atom. The molecule has 4 N–H and O–H groups in total. The Morgan fingerprint density at radius 3 is 2.51 bits per heavy atom. The first-order valence-corrected chi connectivity index (χ1v) is 19.0. The Kier molecular flexibility index (Phi) is 10.00. The number of para-hydroxylation sites is 1. The number of carbonyl (C=O) groups is 4. The van der Waals surface area contributed by atoms with Crippen LogP contribution in [0.5, 0.6) is 5.75 Å². The number of phenols is 1. The van der Waals surface area contributed by atoms with Crippen molar-refractivity contribution in [3.63, 3.8) is 0 Å². The number of carbonyl (C=O) groups excluding carboxylic acids is 4. The predicted molar refractivity (Wildman–Crippen MR) is 207 cm³/mol. The van der Waals surface area contributed by atoms with Crippen LogP contribution in [0, 0.1) is 5.82 Å². The molecule has 5 aromatic rings. The molecule has 12 nitrogen and oxygen atoms in total. The highest BCUT2D eigenvalue weighted by molar-refractivity contribution is 7.13. The Hall–Kier alpha value is -6.12. The molecule has 8 rings (SSSR count). The number of fused-ring (bicyclic) bond motifs is 1. The molecule has 280 valence electrons. The van der Waals surface area contributed by atoms with Gasteiger partial charge in [-0.25, -0.2) is 9.37 Å². The quantitative estimate of drug-likeness (QED) is 0.135. The summed E-state index contributed by atoms with van der Waals surface area (Å²) < 4.78 is 14.4. The molecule has 4 aromatic carbocycles. The number of piperidine rings is 1. The van der Waals surface area contributed by atoms with Gasteiger partial charge in [-0.15, -0.1) is 11.3 Å². The number of hydrogen-bond donors (Lipinski definition) is 4. The molecule has 2 saturated heterocycles. The van der Waals surface area contributed by atoms with Crippen molar-refractivity contribution in [1.82, 2.24) is 20.1 Å².